The van der Waals surface area contributed by atoms with Gasteiger partial charge < -0.3 is 10.4 Å². The van der Waals surface area contributed by atoms with Crippen molar-refractivity contribution in [3.05, 3.63) is 35.1 Å². The predicted octanol–water partition coefficient (Wildman–Crippen LogP) is 2.82. The second-order valence-corrected chi connectivity index (χ2v) is 6.31. The smallest absolute Gasteiger partial charge is 0.306 e. The maximum absolute atomic E-state index is 13.7. The van der Waals surface area contributed by atoms with Crippen LogP contribution < -0.4 is 5.32 Å². The molecule has 1 saturated carbocycles. The van der Waals surface area contributed by atoms with E-state index in [-0.39, 0.29) is 23.7 Å². The van der Waals surface area contributed by atoms with Gasteiger partial charge in [-0.3, -0.25) is 9.59 Å². The molecule has 3 atom stereocenters. The third kappa shape index (κ3) is 2.85. The first-order valence-corrected chi connectivity index (χ1v) is 7.86. The molecule has 4 nitrogen and oxygen atoms in total. The normalized spacial score (nSPS) is 27.2. The number of carbonyl (C=O) groups excluding carboxylic acids is 1. The van der Waals surface area contributed by atoms with Gasteiger partial charge in [-0.15, -0.1) is 0 Å². The SMILES string of the molecule is O=C(O)C1CCCC(C(=O)NC2CCc3c(F)cccc32)C1. The summed E-state index contributed by atoms with van der Waals surface area (Å²) in [5, 5.41) is 12.1. The molecule has 1 aromatic carbocycles. The van der Waals surface area contributed by atoms with Gasteiger partial charge in [0.25, 0.3) is 0 Å². The van der Waals surface area contributed by atoms with Crippen LogP contribution in [0.25, 0.3) is 0 Å². The van der Waals surface area contributed by atoms with E-state index in [0.717, 1.165) is 18.4 Å². The number of benzene rings is 1. The van der Waals surface area contributed by atoms with E-state index in [0.29, 0.717) is 31.2 Å². The Morgan fingerprint density at radius 1 is 1.18 bits per heavy atom. The topological polar surface area (TPSA) is 66.4 Å². The minimum Gasteiger partial charge on any atom is -0.481 e. The summed E-state index contributed by atoms with van der Waals surface area (Å²) in [6.07, 6.45) is 3.90. The van der Waals surface area contributed by atoms with Crippen LogP contribution in [-0.2, 0) is 16.0 Å². The Hall–Kier alpha value is -1.91. The maximum Gasteiger partial charge on any atom is 0.306 e. The van der Waals surface area contributed by atoms with Gasteiger partial charge in [0.15, 0.2) is 0 Å². The molecule has 2 aliphatic carbocycles. The van der Waals surface area contributed by atoms with Gasteiger partial charge in [-0.05, 0) is 49.3 Å². The Balaban J connectivity index is 1.66. The lowest BCUT2D eigenvalue weighted by Gasteiger charge is -2.27. The van der Waals surface area contributed by atoms with Crippen LogP contribution in [0.3, 0.4) is 0 Å². The van der Waals surface area contributed by atoms with E-state index in [4.69, 9.17) is 5.11 Å². The molecule has 0 aliphatic heterocycles. The van der Waals surface area contributed by atoms with E-state index in [9.17, 15) is 14.0 Å². The molecule has 0 aromatic heterocycles. The fraction of sp³-hybridized carbons (Fsp3) is 0.529. The molecule has 1 aromatic rings. The summed E-state index contributed by atoms with van der Waals surface area (Å²) in [4.78, 5) is 23.5. The number of hydrogen-bond acceptors (Lipinski definition) is 2. The van der Waals surface area contributed by atoms with E-state index in [1.54, 1.807) is 6.07 Å². The summed E-state index contributed by atoms with van der Waals surface area (Å²) in [5.74, 6) is -1.78. The summed E-state index contributed by atoms with van der Waals surface area (Å²) >= 11 is 0. The van der Waals surface area contributed by atoms with Crippen LogP contribution in [0.5, 0.6) is 0 Å². The van der Waals surface area contributed by atoms with Crippen LogP contribution in [0, 0.1) is 17.7 Å². The van der Waals surface area contributed by atoms with Crippen LogP contribution in [0.15, 0.2) is 18.2 Å². The number of fused-ring (bicyclic) bond motifs is 1. The zero-order chi connectivity index (χ0) is 15.7. The summed E-state index contributed by atoms with van der Waals surface area (Å²) in [7, 11) is 0. The van der Waals surface area contributed by atoms with E-state index >= 15 is 0 Å². The van der Waals surface area contributed by atoms with Gasteiger partial charge in [-0.25, -0.2) is 4.39 Å². The van der Waals surface area contributed by atoms with Crippen LogP contribution in [0.2, 0.25) is 0 Å². The Labute approximate surface area is 128 Å². The van der Waals surface area contributed by atoms with Gasteiger partial charge in [0.05, 0.1) is 12.0 Å². The van der Waals surface area contributed by atoms with Crippen molar-refractivity contribution in [2.24, 2.45) is 11.8 Å². The predicted molar refractivity (Wildman–Crippen MR) is 78.7 cm³/mol. The fourth-order valence-electron chi connectivity index (χ4n) is 3.70. The van der Waals surface area contributed by atoms with Gasteiger partial charge in [-0.1, -0.05) is 18.6 Å². The van der Waals surface area contributed by atoms with Crippen molar-refractivity contribution in [1.82, 2.24) is 5.32 Å². The monoisotopic (exact) mass is 305 g/mol. The number of carboxylic acids is 1. The third-order valence-electron chi connectivity index (χ3n) is 4.92. The van der Waals surface area contributed by atoms with Crippen molar-refractivity contribution >= 4 is 11.9 Å². The lowest BCUT2D eigenvalue weighted by molar-refractivity contribution is -0.144. The second kappa shape index (κ2) is 6.07. The molecule has 1 amide bonds. The third-order valence-corrected chi connectivity index (χ3v) is 4.92. The zero-order valence-electron chi connectivity index (χ0n) is 12.3. The van der Waals surface area contributed by atoms with Crippen molar-refractivity contribution in [3.63, 3.8) is 0 Å². The zero-order valence-corrected chi connectivity index (χ0v) is 12.3. The van der Waals surface area contributed by atoms with E-state index < -0.39 is 11.9 Å². The number of halogens is 1. The molecule has 2 N–H and O–H groups in total. The number of amides is 1. The first-order chi connectivity index (χ1) is 10.6. The van der Waals surface area contributed by atoms with Crippen molar-refractivity contribution in [1.29, 1.82) is 0 Å². The van der Waals surface area contributed by atoms with E-state index in [1.807, 2.05) is 6.07 Å². The van der Waals surface area contributed by atoms with E-state index in [2.05, 4.69) is 5.32 Å². The van der Waals surface area contributed by atoms with E-state index in [1.165, 1.54) is 6.07 Å². The van der Waals surface area contributed by atoms with Crippen LogP contribution >= 0.6 is 0 Å². The highest BCUT2D eigenvalue weighted by Crippen LogP contribution is 2.34. The van der Waals surface area contributed by atoms with Crippen molar-refractivity contribution in [3.8, 4) is 0 Å². The molecule has 3 unspecified atom stereocenters. The molecule has 22 heavy (non-hydrogen) atoms. The molecule has 0 heterocycles. The fourth-order valence-corrected chi connectivity index (χ4v) is 3.70. The minimum atomic E-state index is -0.814. The standard InChI is InChI=1S/C17H20FNO3/c18-14-6-2-5-13-12(14)7-8-15(13)19-16(20)10-3-1-4-11(9-10)17(21)22/h2,5-6,10-11,15H,1,3-4,7-9H2,(H,19,20)(H,21,22). The first-order valence-electron chi connectivity index (χ1n) is 7.86. The molecular formula is C17H20FNO3. The van der Waals surface area contributed by atoms with Crippen molar-refractivity contribution in [2.45, 2.75) is 44.6 Å². The lowest BCUT2D eigenvalue weighted by atomic mass is 9.81. The molecule has 0 spiro atoms. The molecule has 0 bridgehead atoms. The molecule has 1 fully saturated rings. The molecule has 2 aliphatic rings. The maximum atomic E-state index is 13.7. The average molecular weight is 305 g/mol. The van der Waals surface area contributed by atoms with Gasteiger partial charge >= 0.3 is 5.97 Å². The van der Waals surface area contributed by atoms with Gasteiger partial charge in [0.2, 0.25) is 5.91 Å². The van der Waals surface area contributed by atoms with Crippen LogP contribution in [-0.4, -0.2) is 17.0 Å². The molecule has 0 radical (unpaired) electrons. The average Bonchev–Trinajstić information content (AvgIpc) is 2.92. The second-order valence-electron chi connectivity index (χ2n) is 6.31. The van der Waals surface area contributed by atoms with Crippen molar-refractivity contribution in [2.75, 3.05) is 0 Å². The number of nitrogens with one attached hydrogen (secondary N) is 1. The number of carbonyl (C=O) groups is 2. The summed E-state index contributed by atoms with van der Waals surface area (Å²) < 4.78 is 13.7. The van der Waals surface area contributed by atoms with Crippen LogP contribution in [0.4, 0.5) is 4.39 Å². The Morgan fingerprint density at radius 3 is 2.73 bits per heavy atom. The highest BCUT2D eigenvalue weighted by molar-refractivity contribution is 5.80. The minimum absolute atomic E-state index is 0.0898. The Kier molecular flexibility index (Phi) is 4.14. The number of rotatable bonds is 3. The highest BCUT2D eigenvalue weighted by atomic mass is 19.1. The number of carboxylic acid groups (broad SMARTS) is 1. The quantitative estimate of drug-likeness (QED) is 0.902. The highest BCUT2D eigenvalue weighted by Gasteiger charge is 2.33. The van der Waals surface area contributed by atoms with Crippen LogP contribution in [0.1, 0.15) is 49.3 Å². The summed E-state index contributed by atoms with van der Waals surface area (Å²) in [6, 6.07) is 4.82. The molecule has 0 saturated heterocycles. The first kappa shape index (κ1) is 15.0. The number of aliphatic carboxylic acids is 1. The largest absolute Gasteiger partial charge is 0.481 e. The Morgan fingerprint density at radius 2 is 1.95 bits per heavy atom. The summed E-state index contributed by atoms with van der Waals surface area (Å²) in [6.45, 7) is 0. The van der Waals surface area contributed by atoms with Crippen molar-refractivity contribution < 1.29 is 19.1 Å². The van der Waals surface area contributed by atoms with Gasteiger partial charge in [0, 0.05) is 5.92 Å². The Bertz CT molecular complexity index is 602. The molecule has 3 rings (SSSR count). The van der Waals surface area contributed by atoms with Gasteiger partial charge in [0.1, 0.15) is 5.82 Å². The summed E-state index contributed by atoms with van der Waals surface area (Å²) in [5.41, 5.74) is 1.55. The molecule has 118 valence electrons. The van der Waals surface area contributed by atoms with Gasteiger partial charge in [-0.2, -0.15) is 0 Å². The number of hydrogen-bond donors (Lipinski definition) is 2. The molecule has 5 heteroatoms. The molecular weight excluding hydrogens is 285 g/mol. The lowest BCUT2D eigenvalue weighted by Crippen LogP contribution is -2.37.